The Labute approximate surface area is 92.4 Å². The van der Waals surface area contributed by atoms with Gasteiger partial charge in [-0.05, 0) is 19.1 Å². The zero-order valence-electron chi connectivity index (χ0n) is 8.11. The van der Waals surface area contributed by atoms with Crippen molar-refractivity contribution >= 4 is 23.2 Å². The highest BCUT2D eigenvalue weighted by atomic mass is 35.5. The van der Waals surface area contributed by atoms with Gasteiger partial charge in [-0.3, -0.25) is 0 Å². The highest BCUT2D eigenvalue weighted by Crippen LogP contribution is 2.14. The molecule has 0 saturated carbocycles. The largest absolute Gasteiger partial charge is 0.325 e. The number of aryl methyl sites for hydroxylation is 1. The second-order valence-electron chi connectivity index (χ2n) is 3.02. The lowest BCUT2D eigenvalue weighted by molar-refractivity contribution is 1.14. The van der Waals surface area contributed by atoms with Crippen LogP contribution in [0.25, 0.3) is 0 Å². The van der Waals surface area contributed by atoms with Crippen molar-refractivity contribution in [3.05, 3.63) is 41.4 Å². The SMILES string of the molecule is Cc1cccc(Nc2cc(Cl)ncn2)n1. The van der Waals surface area contributed by atoms with E-state index in [1.165, 1.54) is 6.33 Å². The fourth-order valence-corrected chi connectivity index (χ4v) is 1.29. The third-order valence-electron chi connectivity index (χ3n) is 1.78. The number of pyridine rings is 1. The van der Waals surface area contributed by atoms with Crippen molar-refractivity contribution in [2.24, 2.45) is 0 Å². The number of hydrogen-bond acceptors (Lipinski definition) is 4. The summed E-state index contributed by atoms with van der Waals surface area (Å²) >= 11 is 5.73. The number of anilines is 2. The van der Waals surface area contributed by atoms with E-state index in [9.17, 15) is 0 Å². The van der Waals surface area contributed by atoms with Gasteiger partial charge in [-0.25, -0.2) is 15.0 Å². The average molecular weight is 221 g/mol. The molecule has 0 saturated heterocycles. The van der Waals surface area contributed by atoms with Crippen molar-refractivity contribution < 1.29 is 0 Å². The zero-order valence-corrected chi connectivity index (χ0v) is 8.86. The molecule has 0 radical (unpaired) electrons. The lowest BCUT2D eigenvalue weighted by atomic mass is 10.4. The molecule has 0 fully saturated rings. The first-order valence-corrected chi connectivity index (χ1v) is 4.80. The summed E-state index contributed by atoms with van der Waals surface area (Å²) < 4.78 is 0. The Bertz CT molecular complexity index is 429. The van der Waals surface area contributed by atoms with E-state index < -0.39 is 0 Å². The van der Waals surface area contributed by atoms with Crippen LogP contribution < -0.4 is 5.32 Å². The maximum atomic E-state index is 5.73. The minimum atomic E-state index is 0.403. The molecular weight excluding hydrogens is 212 g/mol. The van der Waals surface area contributed by atoms with Crippen LogP contribution in [0.3, 0.4) is 0 Å². The molecule has 15 heavy (non-hydrogen) atoms. The smallest absolute Gasteiger partial charge is 0.136 e. The molecule has 2 aromatic rings. The van der Waals surface area contributed by atoms with E-state index in [0.717, 1.165) is 11.5 Å². The van der Waals surface area contributed by atoms with Gasteiger partial charge in [0.2, 0.25) is 0 Å². The first kappa shape index (κ1) is 9.86. The summed E-state index contributed by atoms with van der Waals surface area (Å²) in [6.45, 7) is 1.93. The Morgan fingerprint density at radius 2 is 2.07 bits per heavy atom. The second-order valence-corrected chi connectivity index (χ2v) is 3.40. The van der Waals surface area contributed by atoms with Crippen molar-refractivity contribution in [1.29, 1.82) is 0 Å². The highest BCUT2D eigenvalue weighted by Gasteiger charge is 1.98. The summed E-state index contributed by atoms with van der Waals surface area (Å²) in [5.41, 5.74) is 0.945. The Morgan fingerprint density at radius 1 is 1.20 bits per heavy atom. The molecule has 76 valence electrons. The molecule has 0 atom stereocenters. The topological polar surface area (TPSA) is 50.7 Å². The Kier molecular flexibility index (Phi) is 2.78. The van der Waals surface area contributed by atoms with Gasteiger partial charge in [0.15, 0.2) is 0 Å². The highest BCUT2D eigenvalue weighted by molar-refractivity contribution is 6.29. The molecule has 0 aliphatic heterocycles. The van der Waals surface area contributed by atoms with Gasteiger partial charge in [-0.15, -0.1) is 0 Å². The van der Waals surface area contributed by atoms with Gasteiger partial charge >= 0.3 is 0 Å². The summed E-state index contributed by atoms with van der Waals surface area (Å²) in [4.78, 5) is 12.1. The summed E-state index contributed by atoms with van der Waals surface area (Å²) in [5.74, 6) is 1.37. The molecule has 0 aliphatic carbocycles. The molecular formula is C10H9ClN4. The third kappa shape index (κ3) is 2.63. The van der Waals surface area contributed by atoms with Gasteiger partial charge in [0.25, 0.3) is 0 Å². The molecule has 0 spiro atoms. The van der Waals surface area contributed by atoms with Gasteiger partial charge in [0.1, 0.15) is 23.1 Å². The van der Waals surface area contributed by atoms with Crippen molar-refractivity contribution in [3.63, 3.8) is 0 Å². The van der Waals surface area contributed by atoms with Crippen LogP contribution in [0.15, 0.2) is 30.6 Å². The summed E-state index contributed by atoms with van der Waals surface area (Å²) in [5, 5.41) is 3.44. The van der Waals surface area contributed by atoms with Gasteiger partial charge in [-0.2, -0.15) is 0 Å². The van der Waals surface area contributed by atoms with E-state index in [4.69, 9.17) is 11.6 Å². The van der Waals surface area contributed by atoms with E-state index in [0.29, 0.717) is 11.0 Å². The van der Waals surface area contributed by atoms with Crippen LogP contribution in [0.1, 0.15) is 5.69 Å². The lowest BCUT2D eigenvalue weighted by Gasteiger charge is -2.04. The quantitative estimate of drug-likeness (QED) is 0.791. The molecule has 0 aromatic carbocycles. The number of halogens is 1. The van der Waals surface area contributed by atoms with Gasteiger partial charge in [0.05, 0.1) is 0 Å². The standard InChI is InChI=1S/C10H9ClN4/c1-7-3-2-4-9(14-7)15-10-5-8(11)12-6-13-10/h2-6H,1H3,(H,12,13,14,15). The molecule has 5 heteroatoms. The molecule has 4 nitrogen and oxygen atoms in total. The van der Waals surface area contributed by atoms with Crippen LogP contribution in [0.2, 0.25) is 5.15 Å². The molecule has 1 N–H and O–H groups in total. The Morgan fingerprint density at radius 3 is 2.80 bits per heavy atom. The first-order valence-electron chi connectivity index (χ1n) is 4.42. The predicted octanol–water partition coefficient (Wildman–Crippen LogP) is 2.58. The zero-order chi connectivity index (χ0) is 10.7. The predicted molar refractivity (Wildman–Crippen MR) is 59.3 cm³/mol. The number of nitrogens with one attached hydrogen (secondary N) is 1. The Hall–Kier alpha value is -1.68. The van der Waals surface area contributed by atoms with Crippen LogP contribution in [-0.2, 0) is 0 Å². The maximum Gasteiger partial charge on any atom is 0.136 e. The average Bonchev–Trinajstić information content (AvgIpc) is 2.17. The summed E-state index contributed by atoms with van der Waals surface area (Å²) in [6, 6.07) is 7.36. The molecule has 0 unspecified atom stereocenters. The van der Waals surface area contributed by atoms with Crippen LogP contribution in [-0.4, -0.2) is 15.0 Å². The first-order chi connectivity index (χ1) is 7.24. The van der Waals surface area contributed by atoms with Gasteiger partial charge < -0.3 is 5.32 Å². The van der Waals surface area contributed by atoms with Crippen LogP contribution in [0.5, 0.6) is 0 Å². The number of rotatable bonds is 2. The van der Waals surface area contributed by atoms with Crippen molar-refractivity contribution in [1.82, 2.24) is 15.0 Å². The molecule has 0 bridgehead atoms. The molecule has 2 heterocycles. The van der Waals surface area contributed by atoms with Gasteiger partial charge in [-0.1, -0.05) is 17.7 Å². The van der Waals surface area contributed by atoms with E-state index in [1.807, 2.05) is 25.1 Å². The Balaban J connectivity index is 2.22. The minimum Gasteiger partial charge on any atom is -0.325 e. The van der Waals surface area contributed by atoms with Crippen LogP contribution in [0, 0.1) is 6.92 Å². The van der Waals surface area contributed by atoms with E-state index in [-0.39, 0.29) is 0 Å². The second kappa shape index (κ2) is 4.23. The molecule has 0 amide bonds. The molecule has 2 rings (SSSR count). The third-order valence-corrected chi connectivity index (χ3v) is 1.98. The van der Waals surface area contributed by atoms with Crippen molar-refractivity contribution in [2.45, 2.75) is 6.92 Å². The van der Waals surface area contributed by atoms with Crippen molar-refractivity contribution in [2.75, 3.05) is 5.32 Å². The van der Waals surface area contributed by atoms with Crippen molar-refractivity contribution in [3.8, 4) is 0 Å². The monoisotopic (exact) mass is 220 g/mol. The fourth-order valence-electron chi connectivity index (χ4n) is 1.15. The van der Waals surface area contributed by atoms with E-state index >= 15 is 0 Å². The maximum absolute atomic E-state index is 5.73. The van der Waals surface area contributed by atoms with Crippen LogP contribution in [0.4, 0.5) is 11.6 Å². The minimum absolute atomic E-state index is 0.403. The molecule has 2 aromatic heterocycles. The number of nitrogens with zero attached hydrogens (tertiary/aromatic N) is 3. The number of hydrogen-bond donors (Lipinski definition) is 1. The number of aromatic nitrogens is 3. The summed E-state index contributed by atoms with van der Waals surface area (Å²) in [6.07, 6.45) is 1.40. The normalized spacial score (nSPS) is 10.0. The van der Waals surface area contributed by atoms with Crippen LogP contribution >= 0.6 is 11.6 Å². The van der Waals surface area contributed by atoms with E-state index in [1.54, 1.807) is 6.07 Å². The fraction of sp³-hybridized carbons (Fsp3) is 0.100. The summed E-state index contributed by atoms with van der Waals surface area (Å²) in [7, 11) is 0. The van der Waals surface area contributed by atoms with Gasteiger partial charge in [0, 0.05) is 11.8 Å². The van der Waals surface area contributed by atoms with E-state index in [2.05, 4.69) is 20.3 Å². The lowest BCUT2D eigenvalue weighted by Crippen LogP contribution is -1.97. The molecule has 0 aliphatic rings.